The van der Waals surface area contributed by atoms with Crippen molar-refractivity contribution in [1.82, 2.24) is 5.32 Å². The number of rotatable bonds is 3. The van der Waals surface area contributed by atoms with E-state index in [0.29, 0.717) is 28.3 Å². The number of carboxylic acids is 1. The summed E-state index contributed by atoms with van der Waals surface area (Å²) in [7, 11) is 0. The highest BCUT2D eigenvalue weighted by Crippen LogP contribution is 2.29. The first kappa shape index (κ1) is 19.0. The number of hydrogen-bond acceptors (Lipinski definition) is 3. The van der Waals surface area contributed by atoms with E-state index in [1.54, 1.807) is 6.07 Å². The number of carboxylic acid groups (broad SMARTS) is 1. The van der Waals surface area contributed by atoms with Crippen molar-refractivity contribution < 1.29 is 19.5 Å². The number of benzene rings is 2. The van der Waals surface area contributed by atoms with Crippen molar-refractivity contribution in [1.29, 1.82) is 0 Å². The van der Waals surface area contributed by atoms with Crippen LogP contribution < -0.4 is 16.0 Å². The molecule has 1 atom stereocenters. The van der Waals surface area contributed by atoms with Gasteiger partial charge in [0, 0.05) is 17.8 Å². The van der Waals surface area contributed by atoms with Crippen molar-refractivity contribution in [2.75, 3.05) is 11.4 Å². The molecule has 27 heavy (non-hydrogen) atoms. The van der Waals surface area contributed by atoms with Crippen molar-refractivity contribution in [2.45, 2.75) is 12.5 Å². The standard InChI is InChI=1S/C18H15Cl2N3O4/c19-13-3-1-9(7-14(13)20)16(24)22-12-6-11-5-10(17(25)26)2-4-15(11)23(8-12)18(21)27/h1-5,7,12H,6,8H2,(H2,21,27)(H,22,24)(H,25,26). The molecule has 2 aromatic rings. The molecule has 1 heterocycles. The minimum Gasteiger partial charge on any atom is -0.478 e. The number of aromatic carboxylic acids is 1. The van der Waals surface area contributed by atoms with E-state index < -0.39 is 18.0 Å². The molecule has 4 N–H and O–H groups in total. The number of nitrogens with two attached hydrogens (primary N) is 1. The third-order valence-corrected chi connectivity index (χ3v) is 5.01. The Kier molecular flexibility index (Phi) is 5.25. The zero-order chi connectivity index (χ0) is 19.7. The molecule has 140 valence electrons. The molecule has 0 radical (unpaired) electrons. The second-order valence-electron chi connectivity index (χ2n) is 6.10. The largest absolute Gasteiger partial charge is 0.478 e. The summed E-state index contributed by atoms with van der Waals surface area (Å²) in [5.41, 5.74) is 7.00. The topological polar surface area (TPSA) is 113 Å². The van der Waals surface area contributed by atoms with Gasteiger partial charge in [0.05, 0.1) is 21.7 Å². The first-order valence-electron chi connectivity index (χ1n) is 7.95. The molecule has 0 aromatic heterocycles. The van der Waals surface area contributed by atoms with Crippen LogP contribution >= 0.6 is 23.2 Å². The molecule has 0 spiro atoms. The highest BCUT2D eigenvalue weighted by atomic mass is 35.5. The molecular weight excluding hydrogens is 393 g/mol. The average Bonchev–Trinajstić information content (AvgIpc) is 2.62. The lowest BCUT2D eigenvalue weighted by Crippen LogP contribution is -2.51. The minimum absolute atomic E-state index is 0.0923. The Hall–Kier alpha value is -2.77. The van der Waals surface area contributed by atoms with Crippen LogP contribution in [-0.4, -0.2) is 35.6 Å². The molecule has 3 amide bonds. The molecule has 2 aromatic carbocycles. The van der Waals surface area contributed by atoms with Gasteiger partial charge in [0.1, 0.15) is 0 Å². The number of amides is 3. The second-order valence-corrected chi connectivity index (χ2v) is 6.92. The molecule has 7 nitrogen and oxygen atoms in total. The molecule has 0 saturated carbocycles. The van der Waals surface area contributed by atoms with Crippen molar-refractivity contribution >= 4 is 46.8 Å². The van der Waals surface area contributed by atoms with Crippen LogP contribution in [0.4, 0.5) is 10.5 Å². The zero-order valence-electron chi connectivity index (χ0n) is 13.9. The van der Waals surface area contributed by atoms with E-state index in [0.717, 1.165) is 0 Å². The van der Waals surface area contributed by atoms with Crippen LogP contribution in [0.3, 0.4) is 0 Å². The van der Waals surface area contributed by atoms with E-state index in [-0.39, 0.29) is 23.0 Å². The maximum absolute atomic E-state index is 12.5. The first-order valence-corrected chi connectivity index (χ1v) is 8.71. The van der Waals surface area contributed by atoms with E-state index in [1.165, 1.54) is 35.2 Å². The lowest BCUT2D eigenvalue weighted by Gasteiger charge is -2.34. The summed E-state index contributed by atoms with van der Waals surface area (Å²) in [5, 5.41) is 12.6. The van der Waals surface area contributed by atoms with Gasteiger partial charge in [-0.15, -0.1) is 0 Å². The number of hydrogen-bond donors (Lipinski definition) is 3. The maximum atomic E-state index is 12.5. The SMILES string of the molecule is NC(=O)N1CC(NC(=O)c2ccc(Cl)c(Cl)c2)Cc2cc(C(=O)O)ccc21. The van der Waals surface area contributed by atoms with Gasteiger partial charge in [0.15, 0.2) is 0 Å². The lowest BCUT2D eigenvalue weighted by molar-refractivity contribution is 0.0696. The van der Waals surface area contributed by atoms with Gasteiger partial charge in [-0.2, -0.15) is 0 Å². The lowest BCUT2D eigenvalue weighted by atomic mass is 9.95. The zero-order valence-corrected chi connectivity index (χ0v) is 15.4. The van der Waals surface area contributed by atoms with Crippen molar-refractivity contribution in [3.8, 4) is 0 Å². The van der Waals surface area contributed by atoms with E-state index in [9.17, 15) is 19.5 Å². The van der Waals surface area contributed by atoms with Gasteiger partial charge in [-0.1, -0.05) is 23.2 Å². The minimum atomic E-state index is -1.08. The maximum Gasteiger partial charge on any atom is 0.335 e. The van der Waals surface area contributed by atoms with Crippen LogP contribution in [0.5, 0.6) is 0 Å². The van der Waals surface area contributed by atoms with Crippen LogP contribution in [0.1, 0.15) is 26.3 Å². The van der Waals surface area contributed by atoms with E-state index >= 15 is 0 Å². The van der Waals surface area contributed by atoms with Crippen molar-refractivity contribution in [3.63, 3.8) is 0 Å². The van der Waals surface area contributed by atoms with Crippen LogP contribution in [0, 0.1) is 0 Å². The fraction of sp³-hybridized carbons (Fsp3) is 0.167. The number of carbonyl (C=O) groups excluding carboxylic acids is 2. The van der Waals surface area contributed by atoms with Crippen LogP contribution in [0.15, 0.2) is 36.4 Å². The van der Waals surface area contributed by atoms with Gasteiger partial charge in [0.25, 0.3) is 5.91 Å². The molecule has 0 bridgehead atoms. The molecule has 1 aliphatic rings. The number of primary amides is 1. The van der Waals surface area contributed by atoms with Crippen molar-refractivity contribution in [2.24, 2.45) is 5.73 Å². The number of halogens is 2. The Labute approximate surface area is 164 Å². The smallest absolute Gasteiger partial charge is 0.335 e. The normalized spacial score (nSPS) is 15.8. The van der Waals surface area contributed by atoms with E-state index in [4.69, 9.17) is 28.9 Å². The van der Waals surface area contributed by atoms with Gasteiger partial charge < -0.3 is 16.2 Å². The summed E-state index contributed by atoms with van der Waals surface area (Å²) in [5.74, 6) is -1.47. The van der Waals surface area contributed by atoms with Gasteiger partial charge in [0.2, 0.25) is 0 Å². The average molecular weight is 408 g/mol. The van der Waals surface area contributed by atoms with E-state index in [1.807, 2.05) is 0 Å². The highest BCUT2D eigenvalue weighted by molar-refractivity contribution is 6.42. The summed E-state index contributed by atoms with van der Waals surface area (Å²) in [4.78, 5) is 36.8. The molecule has 0 fully saturated rings. The Morgan fingerprint density at radius 3 is 2.41 bits per heavy atom. The molecule has 9 heteroatoms. The predicted molar refractivity (Wildman–Crippen MR) is 102 cm³/mol. The molecule has 0 saturated heterocycles. The summed E-state index contributed by atoms with van der Waals surface area (Å²) >= 11 is 11.8. The molecule has 1 aliphatic heterocycles. The fourth-order valence-corrected chi connectivity index (χ4v) is 3.30. The summed E-state index contributed by atoms with van der Waals surface area (Å²) < 4.78 is 0. The Balaban J connectivity index is 1.86. The number of nitrogens with one attached hydrogen (secondary N) is 1. The molecule has 0 aliphatic carbocycles. The molecule has 1 unspecified atom stereocenters. The predicted octanol–water partition coefficient (Wildman–Crippen LogP) is 2.93. The molecular formula is C18H15Cl2N3O4. The van der Waals surface area contributed by atoms with Gasteiger partial charge in [-0.25, -0.2) is 9.59 Å². The second kappa shape index (κ2) is 7.46. The third kappa shape index (κ3) is 3.99. The van der Waals surface area contributed by atoms with Gasteiger partial charge in [-0.3, -0.25) is 9.69 Å². The highest BCUT2D eigenvalue weighted by Gasteiger charge is 2.29. The fourth-order valence-electron chi connectivity index (χ4n) is 3.01. The van der Waals surface area contributed by atoms with E-state index in [2.05, 4.69) is 5.32 Å². The number of fused-ring (bicyclic) bond motifs is 1. The first-order chi connectivity index (χ1) is 12.8. The Morgan fingerprint density at radius 1 is 1.07 bits per heavy atom. The number of nitrogens with zero attached hydrogens (tertiary/aromatic N) is 1. The Bertz CT molecular complexity index is 948. The van der Waals surface area contributed by atoms with Crippen LogP contribution in [-0.2, 0) is 6.42 Å². The summed E-state index contributed by atoms with van der Waals surface area (Å²) in [6.45, 7) is 0.168. The number of urea groups is 1. The summed E-state index contributed by atoms with van der Waals surface area (Å²) in [6.07, 6.45) is 0.354. The number of anilines is 1. The van der Waals surface area contributed by atoms with Crippen LogP contribution in [0.25, 0.3) is 0 Å². The number of carbonyl (C=O) groups is 3. The van der Waals surface area contributed by atoms with Gasteiger partial charge in [-0.05, 0) is 48.4 Å². The van der Waals surface area contributed by atoms with Crippen LogP contribution in [0.2, 0.25) is 10.0 Å². The monoisotopic (exact) mass is 407 g/mol. The third-order valence-electron chi connectivity index (χ3n) is 4.27. The Morgan fingerprint density at radius 2 is 1.78 bits per heavy atom. The summed E-state index contributed by atoms with van der Waals surface area (Å²) in [6, 6.07) is 7.80. The quantitative estimate of drug-likeness (QED) is 0.725. The van der Waals surface area contributed by atoms with Crippen molar-refractivity contribution in [3.05, 3.63) is 63.1 Å². The van der Waals surface area contributed by atoms with Gasteiger partial charge >= 0.3 is 12.0 Å². The molecule has 3 rings (SSSR count).